The van der Waals surface area contributed by atoms with Crippen molar-refractivity contribution < 1.29 is 4.79 Å². The van der Waals surface area contributed by atoms with E-state index in [1.165, 1.54) is 5.56 Å². The SMILES string of the molecule is CC(C)c1cc(C2CN(c3c(Cl)cccc3Cl)C2)cc(C(C)C)c1C=O. The standard InChI is InChI=1S/C22H25Cl2NO/c1-13(2)17-8-15(9-18(14(3)4)19(17)12-26)16-10-25(11-16)22-20(23)6-5-7-21(22)24/h5-9,12-14,16H,10-11H2,1-4H3. The molecule has 4 heteroatoms. The molecule has 0 radical (unpaired) electrons. The van der Waals surface area contributed by atoms with Crippen molar-refractivity contribution in [3.8, 4) is 0 Å². The van der Waals surface area contributed by atoms with Gasteiger partial charge in [-0.1, -0.05) is 69.1 Å². The fourth-order valence-corrected chi connectivity index (χ4v) is 4.35. The van der Waals surface area contributed by atoms with Gasteiger partial charge in [0.05, 0.1) is 15.7 Å². The van der Waals surface area contributed by atoms with Gasteiger partial charge in [0.25, 0.3) is 0 Å². The number of anilines is 1. The lowest BCUT2D eigenvalue weighted by Crippen LogP contribution is -2.45. The first-order valence-electron chi connectivity index (χ1n) is 9.15. The molecule has 1 fully saturated rings. The molecule has 0 bridgehead atoms. The van der Waals surface area contributed by atoms with Gasteiger partial charge in [0.15, 0.2) is 6.29 Å². The second-order valence-electron chi connectivity index (χ2n) is 7.71. The molecule has 1 aliphatic heterocycles. The first-order chi connectivity index (χ1) is 12.3. The topological polar surface area (TPSA) is 20.3 Å². The molecule has 138 valence electrons. The van der Waals surface area contributed by atoms with E-state index in [4.69, 9.17) is 23.2 Å². The molecule has 1 heterocycles. The number of rotatable bonds is 5. The third-order valence-corrected chi connectivity index (χ3v) is 5.84. The number of hydrogen-bond acceptors (Lipinski definition) is 2. The minimum atomic E-state index is 0.321. The van der Waals surface area contributed by atoms with Gasteiger partial charge in [0, 0.05) is 24.6 Å². The van der Waals surface area contributed by atoms with Crippen molar-refractivity contribution in [2.75, 3.05) is 18.0 Å². The second-order valence-corrected chi connectivity index (χ2v) is 8.53. The molecule has 1 saturated heterocycles. The lowest BCUT2D eigenvalue weighted by atomic mass is 9.82. The summed E-state index contributed by atoms with van der Waals surface area (Å²) >= 11 is 12.7. The highest BCUT2D eigenvalue weighted by Gasteiger charge is 2.32. The summed E-state index contributed by atoms with van der Waals surface area (Å²) in [6, 6.07) is 10.1. The van der Waals surface area contributed by atoms with Crippen LogP contribution >= 0.6 is 23.2 Å². The molecule has 0 atom stereocenters. The van der Waals surface area contributed by atoms with Gasteiger partial charge in [-0.05, 0) is 40.7 Å². The molecule has 2 aromatic carbocycles. The van der Waals surface area contributed by atoms with Crippen LogP contribution in [0.3, 0.4) is 0 Å². The van der Waals surface area contributed by atoms with E-state index in [0.29, 0.717) is 27.8 Å². The molecule has 0 aliphatic carbocycles. The van der Waals surface area contributed by atoms with Crippen molar-refractivity contribution in [2.24, 2.45) is 0 Å². The summed E-state index contributed by atoms with van der Waals surface area (Å²) < 4.78 is 0. The highest BCUT2D eigenvalue weighted by molar-refractivity contribution is 6.39. The number of para-hydroxylation sites is 1. The van der Waals surface area contributed by atoms with Gasteiger partial charge in [-0.15, -0.1) is 0 Å². The first-order valence-corrected chi connectivity index (χ1v) is 9.90. The van der Waals surface area contributed by atoms with Crippen LogP contribution in [0.5, 0.6) is 0 Å². The van der Waals surface area contributed by atoms with Crippen LogP contribution in [0.1, 0.15) is 72.5 Å². The van der Waals surface area contributed by atoms with Gasteiger partial charge >= 0.3 is 0 Å². The Balaban J connectivity index is 1.91. The quantitative estimate of drug-likeness (QED) is 0.532. The van der Waals surface area contributed by atoms with Crippen LogP contribution < -0.4 is 4.90 Å². The largest absolute Gasteiger partial charge is 0.368 e. The second kappa shape index (κ2) is 7.62. The molecular weight excluding hydrogens is 365 g/mol. The number of carbonyl (C=O) groups is 1. The molecule has 0 aromatic heterocycles. The zero-order chi connectivity index (χ0) is 19.0. The molecule has 26 heavy (non-hydrogen) atoms. The normalized spacial score (nSPS) is 14.8. The van der Waals surface area contributed by atoms with E-state index in [-0.39, 0.29) is 0 Å². The maximum Gasteiger partial charge on any atom is 0.150 e. The molecule has 0 unspecified atom stereocenters. The van der Waals surface area contributed by atoms with E-state index in [1.54, 1.807) is 0 Å². The van der Waals surface area contributed by atoms with Crippen LogP contribution in [0.2, 0.25) is 10.0 Å². The summed E-state index contributed by atoms with van der Waals surface area (Å²) in [6.07, 6.45) is 1.02. The molecular formula is C22H25Cl2NO. The average Bonchev–Trinajstić information content (AvgIpc) is 2.55. The molecule has 0 spiro atoms. The van der Waals surface area contributed by atoms with Crippen LogP contribution in [0.15, 0.2) is 30.3 Å². The summed E-state index contributed by atoms with van der Waals surface area (Å²) in [5.41, 5.74) is 5.39. The molecule has 0 amide bonds. The zero-order valence-corrected chi connectivity index (χ0v) is 17.2. The number of nitrogens with zero attached hydrogens (tertiary/aromatic N) is 1. The number of halogens is 2. The fraction of sp³-hybridized carbons (Fsp3) is 0.409. The minimum absolute atomic E-state index is 0.321. The predicted molar refractivity (Wildman–Crippen MR) is 111 cm³/mol. The Morgan fingerprint density at radius 2 is 1.50 bits per heavy atom. The predicted octanol–water partition coefficient (Wildman–Crippen LogP) is 6.66. The highest BCUT2D eigenvalue weighted by Crippen LogP contribution is 2.41. The van der Waals surface area contributed by atoms with Crippen molar-refractivity contribution in [1.29, 1.82) is 0 Å². The van der Waals surface area contributed by atoms with Crippen molar-refractivity contribution in [2.45, 2.75) is 45.4 Å². The third kappa shape index (κ3) is 3.50. The van der Waals surface area contributed by atoms with E-state index in [9.17, 15) is 4.79 Å². The Kier molecular flexibility index (Phi) is 5.64. The Morgan fingerprint density at radius 1 is 1.00 bits per heavy atom. The first kappa shape index (κ1) is 19.3. The van der Waals surface area contributed by atoms with Crippen LogP contribution in [-0.2, 0) is 0 Å². The van der Waals surface area contributed by atoms with Gasteiger partial charge in [0.2, 0.25) is 0 Å². The summed E-state index contributed by atoms with van der Waals surface area (Å²) in [5, 5.41) is 1.39. The minimum Gasteiger partial charge on any atom is -0.368 e. The smallest absolute Gasteiger partial charge is 0.150 e. The fourth-order valence-electron chi connectivity index (χ4n) is 3.71. The molecule has 0 N–H and O–H groups in total. The van der Waals surface area contributed by atoms with Crippen LogP contribution in [0.4, 0.5) is 5.69 Å². The van der Waals surface area contributed by atoms with Gasteiger partial charge in [-0.25, -0.2) is 0 Å². The van der Waals surface area contributed by atoms with Crippen molar-refractivity contribution in [3.05, 3.63) is 62.6 Å². The van der Waals surface area contributed by atoms with Gasteiger partial charge in [-0.3, -0.25) is 4.79 Å². The molecule has 1 aliphatic rings. The van der Waals surface area contributed by atoms with Gasteiger partial charge in [0.1, 0.15) is 0 Å². The maximum atomic E-state index is 11.7. The Labute approximate surface area is 166 Å². The van der Waals surface area contributed by atoms with Crippen molar-refractivity contribution in [1.82, 2.24) is 0 Å². The number of carbonyl (C=O) groups excluding carboxylic acids is 1. The summed E-state index contributed by atoms with van der Waals surface area (Å²) in [7, 11) is 0. The van der Waals surface area contributed by atoms with Crippen LogP contribution in [0, 0.1) is 0 Å². The Morgan fingerprint density at radius 3 is 1.92 bits per heavy atom. The maximum absolute atomic E-state index is 11.7. The lowest BCUT2D eigenvalue weighted by molar-refractivity contribution is 0.112. The summed E-state index contributed by atoms with van der Waals surface area (Å²) in [6.45, 7) is 10.4. The highest BCUT2D eigenvalue weighted by atomic mass is 35.5. The Bertz CT molecular complexity index is 774. The number of hydrogen-bond donors (Lipinski definition) is 0. The molecule has 2 nitrogen and oxygen atoms in total. The van der Waals surface area contributed by atoms with Crippen molar-refractivity contribution >= 4 is 35.2 Å². The van der Waals surface area contributed by atoms with Gasteiger partial charge in [-0.2, -0.15) is 0 Å². The number of benzene rings is 2. The van der Waals surface area contributed by atoms with Crippen LogP contribution in [-0.4, -0.2) is 19.4 Å². The molecule has 0 saturated carbocycles. The monoisotopic (exact) mass is 389 g/mol. The van der Waals surface area contributed by atoms with Crippen molar-refractivity contribution in [3.63, 3.8) is 0 Å². The average molecular weight is 390 g/mol. The third-order valence-electron chi connectivity index (χ3n) is 5.23. The van der Waals surface area contributed by atoms with E-state index in [1.807, 2.05) is 18.2 Å². The molecule has 2 aromatic rings. The summed E-state index contributed by atoms with van der Waals surface area (Å²) in [4.78, 5) is 13.9. The van der Waals surface area contributed by atoms with E-state index < -0.39 is 0 Å². The Hall–Kier alpha value is -1.51. The van der Waals surface area contributed by atoms with Crippen LogP contribution in [0.25, 0.3) is 0 Å². The van der Waals surface area contributed by atoms with E-state index in [2.05, 4.69) is 44.7 Å². The van der Waals surface area contributed by atoms with Gasteiger partial charge < -0.3 is 4.90 Å². The van der Waals surface area contributed by atoms with E-state index >= 15 is 0 Å². The van der Waals surface area contributed by atoms with E-state index in [0.717, 1.165) is 41.8 Å². The number of aldehydes is 1. The lowest BCUT2D eigenvalue weighted by Gasteiger charge is -2.42. The zero-order valence-electron chi connectivity index (χ0n) is 15.7. The summed E-state index contributed by atoms with van der Waals surface area (Å²) in [5.74, 6) is 1.07. The molecule has 3 rings (SSSR count).